The van der Waals surface area contributed by atoms with E-state index in [9.17, 15) is 18.0 Å². The molecule has 2 rings (SSSR count). The van der Waals surface area contributed by atoms with Crippen LogP contribution in [0.25, 0.3) is 0 Å². The van der Waals surface area contributed by atoms with Crippen LogP contribution in [-0.2, 0) is 14.8 Å². The van der Waals surface area contributed by atoms with Gasteiger partial charge in [-0.2, -0.15) is 0 Å². The Morgan fingerprint density at radius 1 is 1.38 bits per heavy atom. The maximum Gasteiger partial charge on any atom is 0.323 e. The highest BCUT2D eigenvalue weighted by atomic mass is 32.2. The summed E-state index contributed by atoms with van der Waals surface area (Å²) in [5, 5.41) is 9.08. The van der Waals surface area contributed by atoms with Gasteiger partial charge >= 0.3 is 5.97 Å². The first kappa shape index (κ1) is 20.2. The van der Waals surface area contributed by atoms with Crippen LogP contribution < -0.4 is 9.46 Å². The molecule has 26 heavy (non-hydrogen) atoms. The Bertz CT molecular complexity index is 788. The molecule has 2 N–H and O–H groups in total. The monoisotopic (exact) mass is 384 g/mol. The van der Waals surface area contributed by atoms with Gasteiger partial charge in [-0.25, -0.2) is 13.1 Å². The lowest BCUT2D eigenvalue weighted by Crippen LogP contribution is -2.41. The highest BCUT2D eigenvalue weighted by Gasteiger charge is 2.31. The molecule has 1 aromatic rings. The van der Waals surface area contributed by atoms with Gasteiger partial charge in [0.2, 0.25) is 10.0 Å². The number of carbonyl (C=O) groups excluding carboxylic acids is 1. The maximum atomic E-state index is 12.8. The summed E-state index contributed by atoms with van der Waals surface area (Å²) in [6, 6.07) is 3.69. The Balaban J connectivity index is 2.40. The molecule has 1 aromatic carbocycles. The van der Waals surface area contributed by atoms with Gasteiger partial charge < -0.3 is 14.7 Å². The molecule has 1 saturated carbocycles. The van der Waals surface area contributed by atoms with Gasteiger partial charge in [0.05, 0.1) is 7.11 Å². The van der Waals surface area contributed by atoms with E-state index in [2.05, 4.69) is 4.72 Å². The zero-order valence-electron chi connectivity index (χ0n) is 15.1. The normalized spacial score (nSPS) is 15.3. The van der Waals surface area contributed by atoms with Gasteiger partial charge in [0.1, 0.15) is 17.2 Å². The maximum absolute atomic E-state index is 12.8. The lowest BCUT2D eigenvalue weighted by atomic mass is 10.1. The van der Waals surface area contributed by atoms with Crippen LogP contribution >= 0.6 is 0 Å². The molecule has 1 aliphatic rings. The predicted molar refractivity (Wildman–Crippen MR) is 94.8 cm³/mol. The fourth-order valence-corrected chi connectivity index (χ4v) is 3.96. The molecular formula is C17H24N2O6S. The molecule has 1 amide bonds. The number of carboxylic acids is 1. The molecule has 1 unspecified atom stereocenters. The van der Waals surface area contributed by atoms with Gasteiger partial charge in [-0.05, 0) is 44.4 Å². The predicted octanol–water partition coefficient (Wildman–Crippen LogP) is 1.46. The van der Waals surface area contributed by atoms with Crippen molar-refractivity contribution < 1.29 is 27.9 Å². The standard InChI is InChI=1S/C17H24N2O6S/c1-4-11(2)19(10-16(20)21)17(22)12-5-8-14(25-3)15(9-12)26(23,24)18-13-6-7-13/h5,8-9,11,13,18H,4,6-7,10H2,1-3H3,(H,20,21). The van der Waals surface area contributed by atoms with Crippen molar-refractivity contribution in [2.75, 3.05) is 13.7 Å². The van der Waals surface area contributed by atoms with E-state index in [4.69, 9.17) is 9.84 Å². The van der Waals surface area contributed by atoms with E-state index in [0.29, 0.717) is 6.42 Å². The van der Waals surface area contributed by atoms with Crippen LogP contribution in [0.1, 0.15) is 43.5 Å². The van der Waals surface area contributed by atoms with Crippen molar-refractivity contribution in [3.8, 4) is 5.75 Å². The lowest BCUT2D eigenvalue weighted by Gasteiger charge is -2.27. The van der Waals surface area contributed by atoms with Crippen molar-refractivity contribution in [2.24, 2.45) is 0 Å². The summed E-state index contributed by atoms with van der Waals surface area (Å²) in [5.41, 5.74) is 0.100. The van der Waals surface area contributed by atoms with Crippen LogP contribution in [0.3, 0.4) is 0 Å². The molecule has 0 radical (unpaired) electrons. The third-order valence-electron chi connectivity index (χ3n) is 4.29. The second-order valence-electron chi connectivity index (χ2n) is 6.35. The quantitative estimate of drug-likeness (QED) is 0.666. The topological polar surface area (TPSA) is 113 Å². The van der Waals surface area contributed by atoms with Crippen molar-refractivity contribution in [1.82, 2.24) is 9.62 Å². The van der Waals surface area contributed by atoms with E-state index >= 15 is 0 Å². The number of aliphatic carboxylic acids is 1. The number of methoxy groups -OCH3 is 1. The Kier molecular flexibility index (Phi) is 6.25. The number of benzene rings is 1. The first-order chi connectivity index (χ1) is 12.2. The van der Waals surface area contributed by atoms with E-state index < -0.39 is 28.4 Å². The van der Waals surface area contributed by atoms with Gasteiger partial charge in [-0.3, -0.25) is 9.59 Å². The number of hydrogen-bond acceptors (Lipinski definition) is 5. The highest BCUT2D eigenvalue weighted by Crippen LogP contribution is 2.29. The molecule has 8 nitrogen and oxygen atoms in total. The average molecular weight is 384 g/mol. The number of amides is 1. The number of rotatable bonds is 9. The molecule has 1 atom stereocenters. The van der Waals surface area contributed by atoms with Crippen molar-refractivity contribution in [3.63, 3.8) is 0 Å². The van der Waals surface area contributed by atoms with Crippen LogP contribution in [-0.4, -0.2) is 56.0 Å². The smallest absolute Gasteiger partial charge is 0.323 e. The van der Waals surface area contributed by atoms with Crippen LogP contribution in [0.15, 0.2) is 23.1 Å². The van der Waals surface area contributed by atoms with Crippen molar-refractivity contribution in [3.05, 3.63) is 23.8 Å². The summed E-state index contributed by atoms with van der Waals surface area (Å²) in [4.78, 5) is 25.0. The Morgan fingerprint density at radius 2 is 2.04 bits per heavy atom. The number of ether oxygens (including phenoxy) is 1. The third-order valence-corrected chi connectivity index (χ3v) is 5.83. The first-order valence-corrected chi connectivity index (χ1v) is 9.91. The van der Waals surface area contributed by atoms with E-state index in [1.54, 1.807) is 6.92 Å². The molecule has 0 heterocycles. The van der Waals surface area contributed by atoms with Crippen LogP contribution in [0.5, 0.6) is 5.75 Å². The minimum atomic E-state index is -3.83. The molecule has 0 aliphatic heterocycles. The summed E-state index contributed by atoms with van der Waals surface area (Å²) < 4.78 is 32.8. The number of nitrogens with one attached hydrogen (secondary N) is 1. The minimum absolute atomic E-state index is 0.0901. The SMILES string of the molecule is CCC(C)N(CC(=O)O)C(=O)c1ccc(OC)c(S(=O)(=O)NC2CC2)c1. The van der Waals surface area contributed by atoms with E-state index in [1.165, 1.54) is 30.2 Å². The molecule has 0 saturated heterocycles. The summed E-state index contributed by atoms with van der Waals surface area (Å²) in [6.45, 7) is 3.13. The molecule has 9 heteroatoms. The van der Waals surface area contributed by atoms with Crippen molar-refractivity contribution in [1.29, 1.82) is 0 Å². The Morgan fingerprint density at radius 3 is 2.54 bits per heavy atom. The molecule has 0 bridgehead atoms. The van der Waals surface area contributed by atoms with Gasteiger partial charge in [-0.15, -0.1) is 0 Å². The number of nitrogens with zero attached hydrogens (tertiary/aromatic N) is 1. The van der Waals surface area contributed by atoms with Gasteiger partial charge in [0.15, 0.2) is 0 Å². The van der Waals surface area contributed by atoms with Gasteiger partial charge in [0.25, 0.3) is 5.91 Å². The van der Waals surface area contributed by atoms with Crippen LogP contribution in [0.2, 0.25) is 0 Å². The summed E-state index contributed by atoms with van der Waals surface area (Å²) >= 11 is 0. The largest absolute Gasteiger partial charge is 0.495 e. The number of hydrogen-bond donors (Lipinski definition) is 2. The molecule has 144 valence electrons. The van der Waals surface area contributed by atoms with Crippen LogP contribution in [0, 0.1) is 0 Å². The Hall–Kier alpha value is -2.13. The Labute approximate surface area is 153 Å². The first-order valence-electron chi connectivity index (χ1n) is 8.42. The fourth-order valence-electron chi connectivity index (χ4n) is 2.46. The third kappa shape index (κ3) is 4.73. The summed E-state index contributed by atoms with van der Waals surface area (Å²) in [6.07, 6.45) is 2.13. The molecule has 1 fully saturated rings. The molecule has 0 aromatic heterocycles. The van der Waals surface area contributed by atoms with Crippen molar-refractivity contribution in [2.45, 2.75) is 50.1 Å². The van der Waals surface area contributed by atoms with Crippen LogP contribution in [0.4, 0.5) is 0 Å². The zero-order valence-corrected chi connectivity index (χ0v) is 15.9. The second-order valence-corrected chi connectivity index (χ2v) is 8.03. The lowest BCUT2D eigenvalue weighted by molar-refractivity contribution is -0.138. The van der Waals surface area contributed by atoms with E-state index in [0.717, 1.165) is 12.8 Å². The summed E-state index contributed by atoms with van der Waals surface area (Å²) in [7, 11) is -2.48. The van der Waals surface area contributed by atoms with E-state index in [-0.39, 0.29) is 28.3 Å². The summed E-state index contributed by atoms with van der Waals surface area (Å²) in [5.74, 6) is -1.54. The van der Waals surface area contributed by atoms with Gasteiger partial charge in [-0.1, -0.05) is 6.92 Å². The number of carbonyl (C=O) groups is 2. The zero-order chi connectivity index (χ0) is 19.5. The number of sulfonamides is 1. The molecular weight excluding hydrogens is 360 g/mol. The second kappa shape index (κ2) is 8.05. The van der Waals surface area contributed by atoms with Gasteiger partial charge in [0, 0.05) is 17.6 Å². The number of carboxylic acid groups (broad SMARTS) is 1. The minimum Gasteiger partial charge on any atom is -0.495 e. The fraction of sp³-hybridized carbons (Fsp3) is 0.529. The highest BCUT2D eigenvalue weighted by molar-refractivity contribution is 7.89. The van der Waals surface area contributed by atoms with E-state index in [1.807, 2.05) is 6.92 Å². The average Bonchev–Trinajstić information content (AvgIpc) is 3.40. The molecule has 1 aliphatic carbocycles. The van der Waals surface area contributed by atoms with Crippen molar-refractivity contribution >= 4 is 21.9 Å². The molecule has 0 spiro atoms.